The van der Waals surface area contributed by atoms with E-state index in [0.29, 0.717) is 6.61 Å². The van der Waals surface area contributed by atoms with E-state index in [1.54, 1.807) is 7.11 Å². The second-order valence-corrected chi connectivity index (χ2v) is 7.09. The van der Waals surface area contributed by atoms with Crippen LogP contribution in [0, 0.1) is 6.92 Å². The molecule has 2 N–H and O–H groups in total. The zero-order chi connectivity index (χ0) is 16.3. The van der Waals surface area contributed by atoms with E-state index in [1.807, 2.05) is 6.92 Å². The average molecular weight is 294 g/mol. The van der Waals surface area contributed by atoms with Crippen molar-refractivity contribution < 1.29 is 4.74 Å². The molecule has 0 aromatic carbocycles. The van der Waals surface area contributed by atoms with Gasteiger partial charge in [0.25, 0.3) is 0 Å². The zero-order valence-electron chi connectivity index (χ0n) is 14.7. The summed E-state index contributed by atoms with van der Waals surface area (Å²) in [5.74, 6) is 2.60. The molecule has 0 saturated heterocycles. The number of anilines is 2. The summed E-state index contributed by atoms with van der Waals surface area (Å²) in [6.07, 6.45) is 0. The summed E-state index contributed by atoms with van der Waals surface area (Å²) in [6, 6.07) is 0. The van der Waals surface area contributed by atoms with Gasteiger partial charge in [0.05, 0.1) is 12.1 Å². The van der Waals surface area contributed by atoms with Crippen molar-refractivity contribution in [2.24, 2.45) is 0 Å². The van der Waals surface area contributed by atoms with Gasteiger partial charge in [-0.15, -0.1) is 0 Å². The lowest BCUT2D eigenvalue weighted by molar-refractivity contribution is 0.158. The lowest BCUT2D eigenvalue weighted by atomic mass is 9.95. The first-order valence-electron chi connectivity index (χ1n) is 7.51. The molecule has 1 aromatic heterocycles. The van der Waals surface area contributed by atoms with Gasteiger partial charge in [0.2, 0.25) is 0 Å². The van der Waals surface area contributed by atoms with Crippen LogP contribution in [0.3, 0.4) is 0 Å². The molecule has 1 aromatic rings. The quantitative estimate of drug-likeness (QED) is 0.842. The molecule has 1 rings (SSSR count). The normalized spacial score (nSPS) is 12.4. The van der Waals surface area contributed by atoms with E-state index in [1.165, 1.54) is 0 Å². The van der Waals surface area contributed by atoms with Gasteiger partial charge in [-0.1, -0.05) is 20.8 Å². The predicted molar refractivity (Wildman–Crippen MR) is 89.2 cm³/mol. The first kappa shape index (κ1) is 17.7. The van der Waals surface area contributed by atoms with Crippen molar-refractivity contribution >= 4 is 11.6 Å². The summed E-state index contributed by atoms with van der Waals surface area (Å²) in [7, 11) is 1.71. The van der Waals surface area contributed by atoms with Crippen molar-refractivity contribution in [2.75, 3.05) is 30.9 Å². The first-order chi connectivity index (χ1) is 9.60. The molecule has 0 radical (unpaired) electrons. The Morgan fingerprint density at radius 2 is 1.62 bits per heavy atom. The van der Waals surface area contributed by atoms with Crippen LogP contribution >= 0.6 is 0 Å². The fourth-order valence-electron chi connectivity index (χ4n) is 2.03. The van der Waals surface area contributed by atoms with Gasteiger partial charge in [-0.3, -0.25) is 0 Å². The van der Waals surface area contributed by atoms with Crippen molar-refractivity contribution in [3.63, 3.8) is 0 Å². The van der Waals surface area contributed by atoms with Crippen molar-refractivity contribution in [3.05, 3.63) is 11.4 Å². The van der Waals surface area contributed by atoms with Crippen LogP contribution in [0.5, 0.6) is 0 Å². The molecule has 0 aliphatic carbocycles. The van der Waals surface area contributed by atoms with Gasteiger partial charge in [0, 0.05) is 24.6 Å². The fraction of sp³-hybridized carbons (Fsp3) is 0.750. The van der Waals surface area contributed by atoms with Crippen LogP contribution in [0.4, 0.5) is 11.6 Å². The summed E-state index contributed by atoms with van der Waals surface area (Å²) in [5, 5.41) is 6.81. The van der Waals surface area contributed by atoms with Gasteiger partial charge in [-0.05, 0) is 27.7 Å². The molecule has 0 unspecified atom stereocenters. The number of hydrogen-bond donors (Lipinski definition) is 2. The molecule has 5 heteroatoms. The lowest BCUT2D eigenvalue weighted by Crippen LogP contribution is -2.37. The minimum atomic E-state index is -0.188. The number of ether oxygens (including phenoxy) is 1. The molecule has 1 heterocycles. The van der Waals surface area contributed by atoms with Crippen LogP contribution in [0.1, 0.15) is 52.9 Å². The van der Waals surface area contributed by atoms with Gasteiger partial charge < -0.3 is 15.4 Å². The van der Waals surface area contributed by atoms with E-state index < -0.39 is 0 Å². The first-order valence-corrected chi connectivity index (χ1v) is 7.51. The highest BCUT2D eigenvalue weighted by atomic mass is 16.5. The van der Waals surface area contributed by atoms with E-state index in [-0.39, 0.29) is 11.0 Å². The number of nitrogens with zero attached hydrogens (tertiary/aromatic N) is 2. The highest BCUT2D eigenvalue weighted by molar-refractivity contribution is 5.58. The molecule has 0 atom stereocenters. The molecule has 0 spiro atoms. The molecule has 120 valence electrons. The van der Waals surface area contributed by atoms with E-state index in [9.17, 15) is 0 Å². The topological polar surface area (TPSA) is 59.1 Å². The third-order valence-corrected chi connectivity index (χ3v) is 3.12. The van der Waals surface area contributed by atoms with Crippen LogP contribution in [0.2, 0.25) is 0 Å². The Hall–Kier alpha value is -1.36. The smallest absolute Gasteiger partial charge is 0.138 e. The molecular weight excluding hydrogens is 264 g/mol. The summed E-state index contributed by atoms with van der Waals surface area (Å²) in [6.45, 7) is 16.1. The molecule has 0 bridgehead atoms. The molecule has 21 heavy (non-hydrogen) atoms. The molecule has 0 fully saturated rings. The molecule has 5 nitrogen and oxygen atoms in total. The maximum atomic E-state index is 5.27. The monoisotopic (exact) mass is 294 g/mol. The summed E-state index contributed by atoms with van der Waals surface area (Å²) in [5.41, 5.74) is 0.751. The van der Waals surface area contributed by atoms with Crippen molar-refractivity contribution in [2.45, 2.75) is 59.4 Å². The number of nitrogens with one attached hydrogen (secondary N) is 2. The minimum absolute atomic E-state index is 0.0975. The number of aromatic nitrogens is 2. The SMILES string of the molecule is CCNc1nc(C(C)(C)C)nc(NC(C)(C)COC)c1C. The van der Waals surface area contributed by atoms with Gasteiger partial charge in [-0.25, -0.2) is 9.97 Å². The molecule has 0 aliphatic rings. The number of rotatable bonds is 6. The van der Waals surface area contributed by atoms with Gasteiger partial charge in [0.1, 0.15) is 17.5 Å². The standard InChI is InChI=1S/C16H30N4O/c1-9-17-12-11(2)13(20-16(6,7)10-21-8)19-14(18-12)15(3,4)5/h9-10H2,1-8H3,(H2,17,18,19,20). The van der Waals surface area contributed by atoms with Gasteiger partial charge in [-0.2, -0.15) is 0 Å². The molecule has 0 amide bonds. The van der Waals surface area contributed by atoms with Crippen LogP contribution in [0.25, 0.3) is 0 Å². The van der Waals surface area contributed by atoms with Crippen molar-refractivity contribution in [3.8, 4) is 0 Å². The fourth-order valence-corrected chi connectivity index (χ4v) is 2.03. The lowest BCUT2D eigenvalue weighted by Gasteiger charge is -2.28. The Labute approximate surface area is 128 Å². The minimum Gasteiger partial charge on any atom is -0.382 e. The Kier molecular flexibility index (Phi) is 5.56. The van der Waals surface area contributed by atoms with Gasteiger partial charge in [0.15, 0.2) is 0 Å². The van der Waals surface area contributed by atoms with Crippen LogP contribution in [-0.4, -0.2) is 35.8 Å². The molecular formula is C16H30N4O. The Bertz CT molecular complexity index is 478. The van der Waals surface area contributed by atoms with Crippen molar-refractivity contribution in [1.82, 2.24) is 9.97 Å². The highest BCUT2D eigenvalue weighted by Crippen LogP contribution is 2.27. The third-order valence-electron chi connectivity index (χ3n) is 3.12. The Morgan fingerprint density at radius 1 is 1.05 bits per heavy atom. The van der Waals surface area contributed by atoms with Gasteiger partial charge >= 0.3 is 0 Å². The number of methoxy groups -OCH3 is 1. The highest BCUT2D eigenvalue weighted by Gasteiger charge is 2.24. The second kappa shape index (κ2) is 6.60. The zero-order valence-corrected chi connectivity index (χ0v) is 14.7. The van der Waals surface area contributed by atoms with E-state index in [2.05, 4.69) is 57.2 Å². The van der Waals surface area contributed by atoms with E-state index in [0.717, 1.165) is 29.6 Å². The van der Waals surface area contributed by atoms with E-state index >= 15 is 0 Å². The van der Waals surface area contributed by atoms with E-state index in [4.69, 9.17) is 9.72 Å². The second-order valence-electron chi connectivity index (χ2n) is 7.09. The van der Waals surface area contributed by atoms with Crippen LogP contribution in [0.15, 0.2) is 0 Å². The summed E-state index contributed by atoms with van der Waals surface area (Å²) in [4.78, 5) is 9.41. The van der Waals surface area contributed by atoms with Crippen LogP contribution < -0.4 is 10.6 Å². The molecule has 0 aliphatic heterocycles. The third kappa shape index (κ3) is 4.84. The predicted octanol–water partition coefficient (Wildman–Crippen LogP) is 3.35. The maximum absolute atomic E-state index is 5.27. The van der Waals surface area contributed by atoms with Crippen LogP contribution in [-0.2, 0) is 10.2 Å². The summed E-state index contributed by atoms with van der Waals surface area (Å²) < 4.78 is 5.27. The number of hydrogen-bond acceptors (Lipinski definition) is 5. The Balaban J connectivity index is 3.26. The largest absolute Gasteiger partial charge is 0.382 e. The van der Waals surface area contributed by atoms with Crippen molar-refractivity contribution in [1.29, 1.82) is 0 Å². The summed E-state index contributed by atoms with van der Waals surface area (Å²) >= 11 is 0. The average Bonchev–Trinajstić information content (AvgIpc) is 2.32. The maximum Gasteiger partial charge on any atom is 0.138 e. The Morgan fingerprint density at radius 3 is 2.10 bits per heavy atom. The molecule has 0 saturated carbocycles.